The van der Waals surface area contributed by atoms with Gasteiger partial charge in [0.15, 0.2) is 11.5 Å². The van der Waals surface area contributed by atoms with Gasteiger partial charge in [-0.25, -0.2) is 4.79 Å². The third-order valence-corrected chi connectivity index (χ3v) is 3.01. The van der Waals surface area contributed by atoms with Crippen LogP contribution in [0.3, 0.4) is 0 Å². The Morgan fingerprint density at radius 2 is 1.45 bits per heavy atom. The fourth-order valence-corrected chi connectivity index (χ4v) is 1.99. The molecule has 0 saturated heterocycles. The maximum Gasteiger partial charge on any atom is 0.372 e. The molecule has 124 valence electrons. The van der Waals surface area contributed by atoms with Crippen molar-refractivity contribution >= 4 is 5.97 Å². The smallest absolute Gasteiger partial charge is 0.372 e. The van der Waals surface area contributed by atoms with Gasteiger partial charge in [0, 0.05) is 19.8 Å². The number of esters is 1. The van der Waals surface area contributed by atoms with Crippen LogP contribution in [0, 0.1) is 0 Å². The summed E-state index contributed by atoms with van der Waals surface area (Å²) >= 11 is 0. The van der Waals surface area contributed by atoms with Gasteiger partial charge in [-0.2, -0.15) is 0 Å². The summed E-state index contributed by atoms with van der Waals surface area (Å²) in [5, 5.41) is 0. The van der Waals surface area contributed by atoms with E-state index in [0.717, 1.165) is 0 Å². The van der Waals surface area contributed by atoms with E-state index in [4.69, 9.17) is 23.7 Å². The van der Waals surface area contributed by atoms with Crippen molar-refractivity contribution in [1.29, 1.82) is 0 Å². The molecule has 0 fully saturated rings. The van der Waals surface area contributed by atoms with Crippen LogP contribution in [-0.4, -0.2) is 40.0 Å². The maximum atomic E-state index is 12.6. The largest absolute Gasteiger partial charge is 0.493 e. The average molecular weight is 312 g/mol. The number of hydrogen-bond donors (Lipinski definition) is 0. The molecule has 0 spiro atoms. The van der Waals surface area contributed by atoms with Crippen molar-refractivity contribution in [1.82, 2.24) is 0 Å². The Morgan fingerprint density at radius 3 is 1.86 bits per heavy atom. The van der Waals surface area contributed by atoms with Gasteiger partial charge in [-0.1, -0.05) is 0 Å². The first-order chi connectivity index (χ1) is 10.2. The van der Waals surface area contributed by atoms with E-state index < -0.39 is 17.4 Å². The van der Waals surface area contributed by atoms with E-state index in [9.17, 15) is 4.79 Å². The highest BCUT2D eigenvalue weighted by molar-refractivity contribution is 5.80. The van der Waals surface area contributed by atoms with Gasteiger partial charge in [0.05, 0.1) is 14.2 Å². The molecule has 0 aromatic heterocycles. The summed E-state index contributed by atoms with van der Waals surface area (Å²) in [6.07, 6.45) is 0. The lowest BCUT2D eigenvalue weighted by Crippen LogP contribution is -2.44. The first-order valence-electron chi connectivity index (χ1n) is 6.80. The molecular formula is C16H24O6. The third-order valence-electron chi connectivity index (χ3n) is 3.01. The minimum atomic E-state index is -1.67. The molecule has 1 aromatic carbocycles. The highest BCUT2D eigenvalue weighted by atomic mass is 16.7. The second-order valence-corrected chi connectivity index (χ2v) is 5.60. The highest BCUT2D eigenvalue weighted by Gasteiger charge is 2.45. The van der Waals surface area contributed by atoms with E-state index in [1.54, 1.807) is 39.0 Å². The fourth-order valence-electron chi connectivity index (χ4n) is 1.99. The second-order valence-electron chi connectivity index (χ2n) is 5.60. The van der Waals surface area contributed by atoms with Gasteiger partial charge < -0.3 is 23.7 Å². The first-order valence-corrected chi connectivity index (χ1v) is 6.80. The normalized spacial score (nSPS) is 12.0. The molecule has 0 heterocycles. The van der Waals surface area contributed by atoms with Crippen LogP contribution >= 0.6 is 0 Å². The molecule has 0 bridgehead atoms. The predicted octanol–water partition coefficient (Wildman–Crippen LogP) is 2.49. The molecule has 6 nitrogen and oxygen atoms in total. The Bertz CT molecular complexity index is 514. The predicted molar refractivity (Wildman–Crippen MR) is 81.1 cm³/mol. The highest BCUT2D eigenvalue weighted by Crippen LogP contribution is 2.36. The number of carbonyl (C=O) groups is 1. The zero-order chi connectivity index (χ0) is 17.0. The molecule has 1 rings (SSSR count). The molecule has 0 atom stereocenters. The molecule has 1 aromatic rings. The zero-order valence-electron chi connectivity index (χ0n) is 14.2. The first kappa shape index (κ1) is 18.3. The van der Waals surface area contributed by atoms with E-state index in [2.05, 4.69) is 0 Å². The monoisotopic (exact) mass is 312 g/mol. The Labute approximate surface area is 131 Å². The van der Waals surface area contributed by atoms with Crippen LogP contribution in [0.15, 0.2) is 18.2 Å². The SMILES string of the molecule is COc1ccc(C(OC)(OC)C(=O)OC(C)(C)C)cc1OC. The van der Waals surface area contributed by atoms with Crippen molar-refractivity contribution < 1.29 is 28.5 Å². The van der Waals surface area contributed by atoms with Crippen LogP contribution in [-0.2, 0) is 24.8 Å². The van der Waals surface area contributed by atoms with Crippen molar-refractivity contribution in [2.45, 2.75) is 32.2 Å². The summed E-state index contributed by atoms with van der Waals surface area (Å²) in [4.78, 5) is 12.6. The van der Waals surface area contributed by atoms with Crippen molar-refractivity contribution in [3.8, 4) is 11.5 Å². The van der Waals surface area contributed by atoms with Crippen molar-refractivity contribution in [2.24, 2.45) is 0 Å². The number of ether oxygens (including phenoxy) is 5. The van der Waals surface area contributed by atoms with Crippen molar-refractivity contribution in [3.05, 3.63) is 23.8 Å². The number of hydrogen-bond acceptors (Lipinski definition) is 6. The summed E-state index contributed by atoms with van der Waals surface area (Å²) < 4.78 is 26.6. The lowest BCUT2D eigenvalue weighted by Gasteiger charge is -2.32. The van der Waals surface area contributed by atoms with E-state index in [-0.39, 0.29) is 0 Å². The van der Waals surface area contributed by atoms with Gasteiger partial charge in [0.2, 0.25) is 0 Å². The Morgan fingerprint density at radius 1 is 0.909 bits per heavy atom. The minimum Gasteiger partial charge on any atom is -0.493 e. The van der Waals surface area contributed by atoms with Crippen LogP contribution in [0.4, 0.5) is 0 Å². The van der Waals surface area contributed by atoms with Gasteiger partial charge in [0.25, 0.3) is 5.79 Å². The van der Waals surface area contributed by atoms with Gasteiger partial charge in [0.1, 0.15) is 5.60 Å². The lowest BCUT2D eigenvalue weighted by molar-refractivity contribution is -0.243. The van der Waals surface area contributed by atoms with Crippen LogP contribution in [0.2, 0.25) is 0 Å². The number of methoxy groups -OCH3 is 4. The molecule has 0 aliphatic heterocycles. The average Bonchev–Trinajstić information content (AvgIpc) is 2.47. The molecule has 6 heteroatoms. The summed E-state index contributed by atoms with van der Waals surface area (Å²) in [5.74, 6) is -1.32. The van der Waals surface area contributed by atoms with Crippen LogP contribution in [0.5, 0.6) is 11.5 Å². The molecule has 0 aliphatic carbocycles. The zero-order valence-corrected chi connectivity index (χ0v) is 14.2. The second kappa shape index (κ2) is 6.98. The molecule has 0 saturated carbocycles. The van der Waals surface area contributed by atoms with E-state index in [1.165, 1.54) is 28.4 Å². The van der Waals surface area contributed by atoms with E-state index in [0.29, 0.717) is 17.1 Å². The Hall–Kier alpha value is -1.79. The molecular weight excluding hydrogens is 288 g/mol. The van der Waals surface area contributed by atoms with Gasteiger partial charge >= 0.3 is 5.97 Å². The molecule has 0 radical (unpaired) electrons. The summed E-state index contributed by atoms with van der Waals surface area (Å²) in [6.45, 7) is 5.32. The Kier molecular flexibility index (Phi) is 5.79. The number of benzene rings is 1. The van der Waals surface area contributed by atoms with E-state index in [1.807, 2.05) is 0 Å². The number of carbonyl (C=O) groups excluding carboxylic acids is 1. The summed E-state index contributed by atoms with van der Waals surface area (Å²) in [6, 6.07) is 4.96. The van der Waals surface area contributed by atoms with E-state index >= 15 is 0 Å². The minimum absolute atomic E-state index is 0.449. The third kappa shape index (κ3) is 3.69. The van der Waals surface area contributed by atoms with Crippen LogP contribution in [0.25, 0.3) is 0 Å². The fraction of sp³-hybridized carbons (Fsp3) is 0.562. The molecule has 0 unspecified atom stereocenters. The summed E-state index contributed by atoms with van der Waals surface area (Å²) in [7, 11) is 5.80. The van der Waals surface area contributed by atoms with Crippen molar-refractivity contribution in [3.63, 3.8) is 0 Å². The maximum absolute atomic E-state index is 12.6. The molecule has 0 amide bonds. The summed E-state index contributed by atoms with van der Waals surface area (Å²) in [5.41, 5.74) is -0.222. The molecule has 0 aliphatic rings. The van der Waals surface area contributed by atoms with Crippen LogP contribution in [0.1, 0.15) is 26.3 Å². The lowest BCUT2D eigenvalue weighted by atomic mass is 10.0. The van der Waals surface area contributed by atoms with Gasteiger partial charge in [-0.15, -0.1) is 0 Å². The van der Waals surface area contributed by atoms with Crippen molar-refractivity contribution in [2.75, 3.05) is 28.4 Å². The van der Waals surface area contributed by atoms with Crippen LogP contribution < -0.4 is 9.47 Å². The quantitative estimate of drug-likeness (QED) is 0.594. The number of rotatable bonds is 6. The Balaban J connectivity index is 3.33. The van der Waals surface area contributed by atoms with Gasteiger partial charge in [-0.05, 0) is 39.0 Å². The topological polar surface area (TPSA) is 63.2 Å². The standard InChI is InChI=1S/C16H24O6/c1-15(2,3)22-14(17)16(20-6,21-7)11-8-9-12(18-4)13(10-11)19-5/h8-10H,1-7H3. The molecule has 0 N–H and O–H groups in total. The van der Waals surface area contributed by atoms with Gasteiger partial charge in [-0.3, -0.25) is 0 Å². The molecule has 22 heavy (non-hydrogen) atoms.